The second-order valence-corrected chi connectivity index (χ2v) is 19.7. The number of carbonyl (C=O) groups is 3. The monoisotopic (exact) mass is 1010 g/mol. The molecule has 2 amide bonds. The van der Waals surface area contributed by atoms with E-state index < -0.39 is 60.4 Å². The SMILES string of the molecule is Nc1ncnc2c1c(C#CCNC(=O)CCCCCNC(=O)c1ccc(-c3c4ccc(=O)cc-4oc4cc(O)ccc34)c(C(=O)O)c1)cn2[C@H]1C[C@H](O)[C@@H](COP(=O)(O)OP(=O)(O)OP(=O)(O)O)O1. The molecule has 25 nitrogen and oxygen atoms in total. The predicted molar refractivity (Wildman–Crippen MR) is 240 cm³/mol. The number of aromatic hydroxyl groups is 1. The third kappa shape index (κ3) is 12.5. The van der Waals surface area contributed by atoms with E-state index in [9.17, 15) is 58.0 Å². The van der Waals surface area contributed by atoms with Crippen LogP contribution in [-0.4, -0.2) is 99.1 Å². The topological polar surface area (TPSA) is 392 Å². The standard InChI is InChI=1S/C41H41N6O19P3/c42-38-36-23(19-47(39(36)46-21-45-38)35-18-30(50)33(64-35)20-62-68(58,59)66-69(60,61)65-67(55,56)57)5-4-14-43-34(51)6-2-1-3-13-44-40(52)22-7-10-26(29(15-22)41(53)54)37-27-11-8-24(48)16-31(27)63-32-17-25(49)9-12-28(32)37/h7-12,15-17,19,21,30,33,35,48,50H,1-3,6,13-14,18,20H2,(H,43,51)(H,44,52)(H,53,54)(H,58,59)(H,60,61)(H2,42,45,46)(H2,55,56,57)/t30-,33+,35+/m0/s1. The second-order valence-electron chi connectivity index (χ2n) is 15.3. The number of unbranched alkanes of at least 4 members (excludes halogenated alkanes) is 2. The van der Waals surface area contributed by atoms with Crippen LogP contribution in [0, 0.1) is 11.8 Å². The van der Waals surface area contributed by atoms with Crippen molar-refractivity contribution < 1.29 is 85.3 Å². The van der Waals surface area contributed by atoms with Crippen molar-refractivity contribution in [3.05, 3.63) is 94.0 Å². The van der Waals surface area contributed by atoms with Crippen molar-refractivity contribution in [2.24, 2.45) is 0 Å². The van der Waals surface area contributed by atoms with Gasteiger partial charge in [0.05, 0.1) is 35.8 Å². The summed E-state index contributed by atoms with van der Waals surface area (Å²) < 4.78 is 59.8. The Balaban J connectivity index is 0.887. The van der Waals surface area contributed by atoms with E-state index >= 15 is 0 Å². The number of anilines is 1. The van der Waals surface area contributed by atoms with E-state index in [0.717, 1.165) is 0 Å². The van der Waals surface area contributed by atoms with Gasteiger partial charge in [-0.15, -0.1) is 0 Å². The summed E-state index contributed by atoms with van der Waals surface area (Å²) in [7, 11) is -16.9. The average molecular weight is 1010 g/mol. The Labute approximate surface area is 388 Å². The number of aliphatic hydroxyl groups is 1. The summed E-state index contributed by atoms with van der Waals surface area (Å²) in [4.78, 5) is 95.2. The third-order valence-corrected chi connectivity index (χ3v) is 14.2. The molecule has 28 heteroatoms. The molecule has 2 aromatic heterocycles. The number of carboxylic acid groups (broad SMARTS) is 1. The molecule has 7 rings (SSSR count). The molecule has 0 spiro atoms. The molecule has 69 heavy (non-hydrogen) atoms. The summed E-state index contributed by atoms with van der Waals surface area (Å²) in [6.45, 7) is -0.718. The van der Waals surface area contributed by atoms with Crippen LogP contribution in [0.25, 0.3) is 44.5 Å². The van der Waals surface area contributed by atoms with E-state index in [4.69, 9.17) is 24.7 Å². The number of fused-ring (bicyclic) bond motifs is 3. The van der Waals surface area contributed by atoms with Crippen molar-refractivity contribution >= 4 is 69.1 Å². The van der Waals surface area contributed by atoms with Crippen LogP contribution >= 0.6 is 23.5 Å². The summed E-state index contributed by atoms with van der Waals surface area (Å²) in [5, 5.41) is 37.2. The van der Waals surface area contributed by atoms with E-state index in [-0.39, 0.29) is 82.5 Å². The molecule has 1 saturated heterocycles. The number of benzene rings is 3. The number of aliphatic hydroxyl groups excluding tert-OH is 1. The Morgan fingerprint density at radius 2 is 1.70 bits per heavy atom. The molecule has 1 aliphatic carbocycles. The van der Waals surface area contributed by atoms with Gasteiger partial charge in [-0.3, -0.25) is 18.9 Å². The smallest absolute Gasteiger partial charge is 0.490 e. The summed E-state index contributed by atoms with van der Waals surface area (Å²) in [5.74, 6) is 3.74. The van der Waals surface area contributed by atoms with Gasteiger partial charge in [-0.25, -0.2) is 28.5 Å². The number of nitrogen functional groups attached to an aromatic ring is 1. The van der Waals surface area contributed by atoms with Gasteiger partial charge in [-0.05, 0) is 54.8 Å². The molecule has 5 atom stereocenters. The van der Waals surface area contributed by atoms with Crippen molar-refractivity contribution in [2.75, 3.05) is 25.4 Å². The van der Waals surface area contributed by atoms with Gasteiger partial charge in [0.1, 0.15) is 47.2 Å². The first kappa shape index (κ1) is 50.5. The molecule has 0 radical (unpaired) electrons. The minimum atomic E-state index is -5.76. The number of nitrogens with one attached hydrogen (secondary N) is 2. The van der Waals surface area contributed by atoms with E-state index in [0.29, 0.717) is 46.7 Å². The summed E-state index contributed by atoms with van der Waals surface area (Å²) in [6.07, 6.45) is 0.586. The predicted octanol–water partition coefficient (Wildman–Crippen LogP) is 3.75. The molecule has 2 aromatic carbocycles. The zero-order chi connectivity index (χ0) is 49.8. The highest BCUT2D eigenvalue weighted by Crippen LogP contribution is 2.66. The van der Waals surface area contributed by atoms with Gasteiger partial charge in [0.15, 0.2) is 5.43 Å². The number of carbonyl (C=O) groups excluding carboxylic acids is 2. The van der Waals surface area contributed by atoms with Crippen LogP contribution in [-0.2, 0) is 36.4 Å². The minimum Gasteiger partial charge on any atom is -0.508 e. The number of nitrogens with zero attached hydrogens (tertiary/aromatic N) is 3. The second kappa shape index (κ2) is 20.7. The molecule has 11 N–H and O–H groups in total. The number of hydrogen-bond donors (Lipinski definition) is 10. The van der Waals surface area contributed by atoms with Gasteiger partial charge in [-0.1, -0.05) is 24.3 Å². The van der Waals surface area contributed by atoms with Gasteiger partial charge in [0.25, 0.3) is 5.91 Å². The largest absolute Gasteiger partial charge is 0.508 e. The number of phenolic OH excluding ortho intramolecular Hbond substituents is 1. The molecule has 1 fully saturated rings. The lowest BCUT2D eigenvalue weighted by Crippen LogP contribution is -2.26. The molecule has 0 bridgehead atoms. The van der Waals surface area contributed by atoms with Crippen LogP contribution in [0.3, 0.4) is 0 Å². The fraction of sp³-hybridized carbons (Fsp3) is 0.268. The number of phosphoric ester groups is 1. The van der Waals surface area contributed by atoms with Gasteiger partial charge in [0, 0.05) is 59.8 Å². The molecule has 2 aliphatic heterocycles. The van der Waals surface area contributed by atoms with E-state index in [1.807, 2.05) is 0 Å². The number of aromatic carboxylic acids is 1. The Hall–Kier alpha value is -6.35. The summed E-state index contributed by atoms with van der Waals surface area (Å²) in [5.41, 5.74) is 7.65. The number of rotatable bonds is 18. The lowest BCUT2D eigenvalue weighted by molar-refractivity contribution is -0.121. The number of ether oxygens (including phenoxy) is 1. The molecular formula is C41H41N6O19P3. The summed E-state index contributed by atoms with van der Waals surface area (Å²) in [6, 6.07) is 12.7. The number of hydrogen-bond acceptors (Lipinski definition) is 17. The fourth-order valence-corrected chi connectivity index (χ4v) is 10.5. The Morgan fingerprint density at radius 3 is 2.45 bits per heavy atom. The van der Waals surface area contributed by atoms with E-state index in [1.165, 1.54) is 65.6 Å². The minimum absolute atomic E-state index is 0.0427. The number of nitrogens with two attached hydrogens (primary N) is 1. The maximum Gasteiger partial charge on any atom is 0.490 e. The van der Waals surface area contributed by atoms with Crippen LogP contribution in [0.5, 0.6) is 5.75 Å². The van der Waals surface area contributed by atoms with Gasteiger partial charge in [-0.2, -0.15) is 8.62 Å². The lowest BCUT2D eigenvalue weighted by atomic mass is 9.90. The normalized spacial score (nSPS) is 17.8. The molecule has 4 heterocycles. The molecule has 0 saturated carbocycles. The maximum absolute atomic E-state index is 13.1. The summed E-state index contributed by atoms with van der Waals surface area (Å²) >= 11 is 0. The number of carboxylic acids is 1. The van der Waals surface area contributed by atoms with Crippen LogP contribution < -0.4 is 21.8 Å². The van der Waals surface area contributed by atoms with Gasteiger partial charge in [0.2, 0.25) is 5.91 Å². The van der Waals surface area contributed by atoms with Crippen LogP contribution in [0.15, 0.2) is 76.3 Å². The Kier molecular flexibility index (Phi) is 15.2. The van der Waals surface area contributed by atoms with E-state index in [2.05, 4.69) is 45.6 Å². The lowest BCUT2D eigenvalue weighted by Gasteiger charge is -2.19. The maximum atomic E-state index is 13.1. The van der Waals surface area contributed by atoms with Crippen molar-refractivity contribution in [3.63, 3.8) is 0 Å². The van der Waals surface area contributed by atoms with Crippen molar-refractivity contribution in [1.29, 1.82) is 0 Å². The Morgan fingerprint density at radius 1 is 0.928 bits per heavy atom. The average Bonchev–Trinajstić information content (AvgIpc) is 3.83. The zero-order valence-corrected chi connectivity index (χ0v) is 38.2. The highest BCUT2D eigenvalue weighted by atomic mass is 31.3. The first-order chi connectivity index (χ1) is 32.6. The quantitative estimate of drug-likeness (QED) is 0.0254. The molecule has 3 aliphatic rings. The number of phosphoric acid groups is 3. The van der Waals surface area contributed by atoms with Gasteiger partial charge < -0.3 is 65.0 Å². The molecule has 364 valence electrons. The van der Waals surface area contributed by atoms with Crippen molar-refractivity contribution in [1.82, 2.24) is 25.2 Å². The number of phenols is 1. The van der Waals surface area contributed by atoms with E-state index in [1.54, 1.807) is 6.07 Å². The molecular weight excluding hydrogens is 973 g/mol. The van der Waals surface area contributed by atoms with Crippen LogP contribution in [0.2, 0.25) is 0 Å². The first-order valence-electron chi connectivity index (χ1n) is 20.4. The molecule has 2 unspecified atom stereocenters. The van der Waals surface area contributed by atoms with Crippen molar-refractivity contribution in [3.8, 4) is 40.0 Å². The highest BCUT2D eigenvalue weighted by Gasteiger charge is 2.43. The number of aromatic nitrogens is 3. The number of amides is 2. The zero-order valence-electron chi connectivity index (χ0n) is 35.5. The van der Waals surface area contributed by atoms with Crippen LogP contribution in [0.4, 0.5) is 5.82 Å². The Bertz CT molecular complexity index is 3220. The molecule has 4 aromatic rings. The van der Waals surface area contributed by atoms with Crippen molar-refractivity contribution in [2.45, 2.75) is 50.5 Å². The van der Waals surface area contributed by atoms with Gasteiger partial charge >= 0.3 is 29.4 Å². The first-order valence-corrected chi connectivity index (χ1v) is 24.9. The fourth-order valence-electron chi connectivity index (χ4n) is 7.42. The highest BCUT2D eigenvalue weighted by molar-refractivity contribution is 7.66. The van der Waals surface area contributed by atoms with Crippen LogP contribution in [0.1, 0.15) is 64.6 Å². The third-order valence-electron chi connectivity index (χ3n) is 10.4.